The Labute approximate surface area is 67.2 Å². The molecule has 0 aromatic carbocycles. The Morgan fingerprint density at radius 3 is 2.45 bits per heavy atom. The van der Waals surface area contributed by atoms with E-state index in [0.717, 1.165) is 25.6 Å². The number of allylic oxidation sites excluding steroid dienone is 1. The van der Waals surface area contributed by atoms with Crippen LogP contribution in [0.1, 0.15) is 19.3 Å². The molecule has 2 aliphatic rings. The van der Waals surface area contributed by atoms with E-state index in [1.165, 1.54) is 18.4 Å². The highest BCUT2D eigenvalue weighted by atomic mass is 16.7. The van der Waals surface area contributed by atoms with E-state index in [1.807, 2.05) is 0 Å². The standard InChI is InChI=1S/C9H14O2/c1-7-6-8(7)2-3-9-10-4-5-11-9/h8-9H,1-6H2. The second-order valence-electron chi connectivity index (χ2n) is 3.31. The van der Waals surface area contributed by atoms with E-state index in [2.05, 4.69) is 6.58 Å². The lowest BCUT2D eigenvalue weighted by atomic mass is 10.2. The molecule has 0 amide bonds. The molecular formula is C9H14O2. The fourth-order valence-electron chi connectivity index (χ4n) is 1.47. The molecule has 0 radical (unpaired) electrons. The molecule has 0 bridgehead atoms. The second-order valence-corrected chi connectivity index (χ2v) is 3.31. The predicted molar refractivity (Wildman–Crippen MR) is 42.2 cm³/mol. The maximum atomic E-state index is 5.31. The van der Waals surface area contributed by atoms with Crippen LogP contribution in [0, 0.1) is 5.92 Å². The molecule has 0 N–H and O–H groups in total. The lowest BCUT2D eigenvalue weighted by Crippen LogP contribution is -2.06. The van der Waals surface area contributed by atoms with Crippen molar-refractivity contribution in [1.82, 2.24) is 0 Å². The Morgan fingerprint density at radius 1 is 1.27 bits per heavy atom. The van der Waals surface area contributed by atoms with Crippen LogP contribution in [0.25, 0.3) is 0 Å². The van der Waals surface area contributed by atoms with Crippen LogP contribution in [-0.2, 0) is 9.47 Å². The molecule has 0 aromatic rings. The highest BCUT2D eigenvalue weighted by Gasteiger charge is 2.28. The lowest BCUT2D eigenvalue weighted by molar-refractivity contribution is -0.0483. The molecular weight excluding hydrogens is 140 g/mol. The van der Waals surface area contributed by atoms with Crippen molar-refractivity contribution >= 4 is 0 Å². The van der Waals surface area contributed by atoms with Crippen molar-refractivity contribution in [1.29, 1.82) is 0 Å². The van der Waals surface area contributed by atoms with Crippen molar-refractivity contribution in [3.05, 3.63) is 12.2 Å². The van der Waals surface area contributed by atoms with Crippen molar-refractivity contribution < 1.29 is 9.47 Å². The van der Waals surface area contributed by atoms with E-state index in [4.69, 9.17) is 9.47 Å². The minimum absolute atomic E-state index is 0.0865. The maximum absolute atomic E-state index is 5.31. The van der Waals surface area contributed by atoms with E-state index in [0.29, 0.717) is 0 Å². The molecule has 62 valence electrons. The first-order chi connectivity index (χ1) is 5.36. The molecule has 0 spiro atoms. The highest BCUT2D eigenvalue weighted by Crippen LogP contribution is 2.40. The van der Waals surface area contributed by atoms with Crippen molar-refractivity contribution in [3.63, 3.8) is 0 Å². The summed E-state index contributed by atoms with van der Waals surface area (Å²) in [5.74, 6) is 0.780. The topological polar surface area (TPSA) is 18.5 Å². The van der Waals surface area contributed by atoms with Crippen LogP contribution in [0.4, 0.5) is 0 Å². The van der Waals surface area contributed by atoms with E-state index in [-0.39, 0.29) is 6.29 Å². The number of hydrogen-bond donors (Lipinski definition) is 0. The molecule has 2 fully saturated rings. The number of ether oxygens (including phenoxy) is 2. The molecule has 1 saturated heterocycles. The average molecular weight is 154 g/mol. The predicted octanol–water partition coefficient (Wildman–Crippen LogP) is 1.72. The molecule has 1 unspecified atom stereocenters. The first-order valence-electron chi connectivity index (χ1n) is 4.27. The van der Waals surface area contributed by atoms with Gasteiger partial charge in [-0.25, -0.2) is 0 Å². The Bertz CT molecular complexity index is 159. The van der Waals surface area contributed by atoms with E-state index < -0.39 is 0 Å². The first-order valence-corrected chi connectivity index (χ1v) is 4.27. The smallest absolute Gasteiger partial charge is 0.157 e. The molecule has 2 heteroatoms. The lowest BCUT2D eigenvalue weighted by Gasteiger charge is -2.06. The Kier molecular flexibility index (Phi) is 1.96. The quantitative estimate of drug-likeness (QED) is 0.576. The molecule has 2 nitrogen and oxygen atoms in total. The van der Waals surface area contributed by atoms with Gasteiger partial charge in [-0.15, -0.1) is 0 Å². The summed E-state index contributed by atoms with van der Waals surface area (Å²) in [5.41, 5.74) is 1.41. The molecule has 1 saturated carbocycles. The van der Waals surface area contributed by atoms with Crippen LogP contribution >= 0.6 is 0 Å². The van der Waals surface area contributed by atoms with Gasteiger partial charge in [0, 0.05) is 0 Å². The van der Waals surface area contributed by atoms with Crippen LogP contribution in [0.5, 0.6) is 0 Å². The van der Waals surface area contributed by atoms with Gasteiger partial charge in [-0.1, -0.05) is 12.2 Å². The fraction of sp³-hybridized carbons (Fsp3) is 0.778. The zero-order valence-corrected chi connectivity index (χ0v) is 6.71. The summed E-state index contributed by atoms with van der Waals surface area (Å²) in [6, 6.07) is 0. The summed E-state index contributed by atoms with van der Waals surface area (Å²) in [7, 11) is 0. The monoisotopic (exact) mass is 154 g/mol. The van der Waals surface area contributed by atoms with Gasteiger partial charge in [0.1, 0.15) is 0 Å². The van der Waals surface area contributed by atoms with Crippen molar-refractivity contribution in [2.24, 2.45) is 5.92 Å². The molecule has 1 aliphatic heterocycles. The van der Waals surface area contributed by atoms with Crippen LogP contribution in [0.2, 0.25) is 0 Å². The first kappa shape index (κ1) is 7.32. The van der Waals surface area contributed by atoms with Gasteiger partial charge in [-0.2, -0.15) is 0 Å². The number of hydrogen-bond acceptors (Lipinski definition) is 2. The average Bonchev–Trinajstić information content (AvgIpc) is 2.55. The van der Waals surface area contributed by atoms with Crippen molar-refractivity contribution in [2.75, 3.05) is 13.2 Å². The third kappa shape index (κ3) is 1.82. The zero-order valence-electron chi connectivity index (χ0n) is 6.71. The Hall–Kier alpha value is -0.340. The van der Waals surface area contributed by atoms with E-state index in [9.17, 15) is 0 Å². The van der Waals surface area contributed by atoms with Crippen LogP contribution in [0.15, 0.2) is 12.2 Å². The Morgan fingerprint density at radius 2 is 1.91 bits per heavy atom. The van der Waals surface area contributed by atoms with Gasteiger partial charge in [0.25, 0.3) is 0 Å². The van der Waals surface area contributed by atoms with Gasteiger partial charge < -0.3 is 9.47 Å². The molecule has 2 rings (SSSR count). The Balaban J connectivity index is 1.62. The summed E-state index contributed by atoms with van der Waals surface area (Å²) >= 11 is 0. The highest BCUT2D eigenvalue weighted by molar-refractivity contribution is 5.18. The van der Waals surface area contributed by atoms with E-state index in [1.54, 1.807) is 0 Å². The fourth-order valence-corrected chi connectivity index (χ4v) is 1.47. The summed E-state index contributed by atoms with van der Waals surface area (Å²) < 4.78 is 10.6. The summed E-state index contributed by atoms with van der Waals surface area (Å²) in [6.45, 7) is 5.46. The van der Waals surface area contributed by atoms with Crippen molar-refractivity contribution in [3.8, 4) is 0 Å². The second kappa shape index (κ2) is 2.95. The largest absolute Gasteiger partial charge is 0.350 e. The molecule has 11 heavy (non-hydrogen) atoms. The third-order valence-electron chi connectivity index (χ3n) is 2.37. The van der Waals surface area contributed by atoms with Crippen molar-refractivity contribution in [2.45, 2.75) is 25.6 Å². The summed E-state index contributed by atoms with van der Waals surface area (Å²) in [4.78, 5) is 0. The summed E-state index contributed by atoms with van der Waals surface area (Å²) in [5, 5.41) is 0. The summed E-state index contributed by atoms with van der Waals surface area (Å²) in [6.07, 6.45) is 3.56. The van der Waals surface area contributed by atoms with Crippen LogP contribution in [0.3, 0.4) is 0 Å². The molecule has 1 atom stereocenters. The van der Waals surface area contributed by atoms with Gasteiger partial charge in [-0.3, -0.25) is 0 Å². The zero-order chi connectivity index (χ0) is 7.68. The molecule has 1 aliphatic carbocycles. The van der Waals surface area contributed by atoms with Crippen LogP contribution < -0.4 is 0 Å². The van der Waals surface area contributed by atoms with E-state index >= 15 is 0 Å². The van der Waals surface area contributed by atoms with Gasteiger partial charge >= 0.3 is 0 Å². The van der Waals surface area contributed by atoms with Gasteiger partial charge in [0.2, 0.25) is 0 Å². The molecule has 1 heterocycles. The third-order valence-corrected chi connectivity index (χ3v) is 2.37. The minimum atomic E-state index is 0.0865. The SMILES string of the molecule is C=C1CC1CCC1OCCO1. The van der Waals surface area contributed by atoms with Gasteiger partial charge in [0.05, 0.1) is 13.2 Å². The minimum Gasteiger partial charge on any atom is -0.350 e. The van der Waals surface area contributed by atoms with Gasteiger partial charge in [0.15, 0.2) is 6.29 Å². The van der Waals surface area contributed by atoms with Gasteiger partial charge in [-0.05, 0) is 25.2 Å². The van der Waals surface area contributed by atoms with Crippen LogP contribution in [-0.4, -0.2) is 19.5 Å². The number of rotatable bonds is 3. The normalized spacial score (nSPS) is 31.3. The molecule has 0 aromatic heterocycles. The maximum Gasteiger partial charge on any atom is 0.157 e.